The summed E-state index contributed by atoms with van der Waals surface area (Å²) in [7, 11) is 0. The molecule has 0 amide bonds. The molecule has 1 aliphatic carbocycles. The number of halogens is 3. The maximum Gasteiger partial charge on any atom is 0.257 e. The summed E-state index contributed by atoms with van der Waals surface area (Å²) in [5.41, 5.74) is 0.691. The van der Waals surface area contributed by atoms with Gasteiger partial charge in [-0.25, -0.2) is 13.2 Å². The van der Waals surface area contributed by atoms with E-state index in [4.69, 9.17) is 4.74 Å². The van der Waals surface area contributed by atoms with Gasteiger partial charge in [0, 0.05) is 23.7 Å². The first kappa shape index (κ1) is 18.5. The molecule has 0 aliphatic heterocycles. The first-order chi connectivity index (χ1) is 12.6. The number of rotatable bonds is 7. The van der Waals surface area contributed by atoms with Crippen LogP contribution in [0.2, 0.25) is 0 Å². The first-order valence-corrected chi connectivity index (χ1v) is 8.76. The Morgan fingerprint density at radius 3 is 2.85 bits per heavy atom. The van der Waals surface area contributed by atoms with Crippen LogP contribution in [-0.2, 0) is 6.54 Å². The predicted octanol–water partition coefficient (Wildman–Crippen LogP) is 4.45. The fourth-order valence-electron chi connectivity index (χ4n) is 3.69. The molecule has 3 rings (SSSR count). The summed E-state index contributed by atoms with van der Waals surface area (Å²) in [5, 5.41) is 4.02. The molecule has 0 bridgehead atoms. The van der Waals surface area contributed by atoms with Crippen molar-refractivity contribution in [1.29, 1.82) is 0 Å². The average Bonchev–Trinajstić information content (AvgIpc) is 3.07. The molecule has 1 heterocycles. The Labute approximate surface area is 150 Å². The van der Waals surface area contributed by atoms with Crippen LogP contribution < -0.4 is 4.74 Å². The van der Waals surface area contributed by atoms with E-state index in [9.17, 15) is 18.0 Å². The number of ether oxygens (including phenoxy) is 1. The Bertz CT molecular complexity index is 748. The lowest BCUT2D eigenvalue weighted by Crippen LogP contribution is -2.27. The fraction of sp³-hybridized carbons (Fsp3) is 0.474. The lowest BCUT2D eigenvalue weighted by atomic mass is 9.78. The van der Waals surface area contributed by atoms with E-state index in [0.717, 1.165) is 31.4 Å². The highest BCUT2D eigenvalue weighted by atomic mass is 19.3. The molecular weight excluding hydrogens is 345 g/mol. The Morgan fingerprint density at radius 2 is 2.08 bits per heavy atom. The third kappa shape index (κ3) is 4.08. The van der Waals surface area contributed by atoms with Crippen molar-refractivity contribution >= 4 is 6.29 Å². The van der Waals surface area contributed by atoms with Gasteiger partial charge in [-0.15, -0.1) is 0 Å². The molecule has 0 N–H and O–H groups in total. The zero-order valence-electron chi connectivity index (χ0n) is 14.3. The van der Waals surface area contributed by atoms with E-state index in [0.29, 0.717) is 12.9 Å². The van der Waals surface area contributed by atoms with E-state index in [1.54, 1.807) is 18.3 Å². The van der Waals surface area contributed by atoms with Crippen LogP contribution in [0, 0.1) is 11.7 Å². The van der Waals surface area contributed by atoms with E-state index in [1.807, 2.05) is 0 Å². The summed E-state index contributed by atoms with van der Waals surface area (Å²) in [6.07, 6.45) is 3.32. The lowest BCUT2D eigenvalue weighted by Gasteiger charge is -2.32. The second kappa shape index (κ2) is 8.38. The van der Waals surface area contributed by atoms with E-state index < -0.39 is 18.8 Å². The van der Waals surface area contributed by atoms with Crippen molar-refractivity contribution in [2.75, 3.05) is 6.61 Å². The van der Waals surface area contributed by atoms with Crippen LogP contribution in [0.15, 0.2) is 30.5 Å². The number of hydrogen-bond acceptors (Lipinski definition) is 3. The van der Waals surface area contributed by atoms with E-state index >= 15 is 0 Å². The van der Waals surface area contributed by atoms with Gasteiger partial charge < -0.3 is 4.74 Å². The summed E-state index contributed by atoms with van der Waals surface area (Å²) in [6, 6.07) is 6.05. The number of nitrogens with zero attached hydrogens (tertiary/aromatic N) is 2. The standard InChI is InChI=1S/C19H21F3N2O2/c20-16-6-3-7-18(15(16)11-25)26-12-13-4-1-2-5-14(13)17-8-9-23-24(17)10-19(21)22/h3,6-9,11,13-14,19H,1-2,4-5,10,12H2. The van der Waals surface area contributed by atoms with Crippen molar-refractivity contribution in [3.05, 3.63) is 47.5 Å². The van der Waals surface area contributed by atoms with Crippen molar-refractivity contribution in [3.63, 3.8) is 0 Å². The number of benzene rings is 1. The molecule has 0 saturated heterocycles. The molecule has 1 fully saturated rings. The third-order valence-electron chi connectivity index (χ3n) is 4.93. The van der Waals surface area contributed by atoms with Gasteiger partial charge in [-0.05, 0) is 31.0 Å². The second-order valence-electron chi connectivity index (χ2n) is 6.56. The molecule has 0 radical (unpaired) electrons. The maximum atomic E-state index is 13.7. The summed E-state index contributed by atoms with van der Waals surface area (Å²) in [6.45, 7) is -0.125. The predicted molar refractivity (Wildman–Crippen MR) is 90.2 cm³/mol. The van der Waals surface area contributed by atoms with Crippen LogP contribution in [0.1, 0.15) is 47.7 Å². The van der Waals surface area contributed by atoms with Gasteiger partial charge in [-0.2, -0.15) is 5.10 Å². The minimum atomic E-state index is -2.46. The van der Waals surface area contributed by atoms with Crippen LogP contribution in [0.5, 0.6) is 5.75 Å². The van der Waals surface area contributed by atoms with Crippen LogP contribution in [0.25, 0.3) is 0 Å². The minimum absolute atomic E-state index is 0.0539. The van der Waals surface area contributed by atoms with E-state index in [2.05, 4.69) is 5.10 Å². The molecule has 7 heteroatoms. The zero-order valence-corrected chi connectivity index (χ0v) is 14.3. The number of hydrogen-bond donors (Lipinski definition) is 0. The van der Waals surface area contributed by atoms with Gasteiger partial charge in [0.25, 0.3) is 6.43 Å². The molecule has 2 atom stereocenters. The van der Waals surface area contributed by atoms with Crippen LogP contribution in [0.3, 0.4) is 0 Å². The fourth-order valence-corrected chi connectivity index (χ4v) is 3.69. The van der Waals surface area contributed by atoms with Crippen LogP contribution in [-0.4, -0.2) is 29.1 Å². The second-order valence-corrected chi connectivity index (χ2v) is 6.56. The Kier molecular flexibility index (Phi) is 5.96. The monoisotopic (exact) mass is 366 g/mol. The van der Waals surface area contributed by atoms with Gasteiger partial charge >= 0.3 is 0 Å². The lowest BCUT2D eigenvalue weighted by molar-refractivity contribution is 0.111. The van der Waals surface area contributed by atoms with E-state index in [-0.39, 0.29) is 23.1 Å². The van der Waals surface area contributed by atoms with Gasteiger partial charge in [0.2, 0.25) is 0 Å². The number of carbonyl (C=O) groups is 1. The summed E-state index contributed by atoms with van der Waals surface area (Å²) >= 11 is 0. The summed E-state index contributed by atoms with van der Waals surface area (Å²) in [5.74, 6) is -0.254. The van der Waals surface area contributed by atoms with Gasteiger partial charge in [0.1, 0.15) is 18.1 Å². The molecule has 2 aromatic rings. The summed E-state index contributed by atoms with van der Waals surface area (Å²) < 4.78 is 46.4. The first-order valence-electron chi connectivity index (χ1n) is 8.76. The van der Waals surface area contributed by atoms with Gasteiger partial charge in [0.05, 0.1) is 12.2 Å². The van der Waals surface area contributed by atoms with Gasteiger partial charge in [0.15, 0.2) is 6.29 Å². The number of aromatic nitrogens is 2. The topological polar surface area (TPSA) is 44.1 Å². The van der Waals surface area contributed by atoms with Crippen molar-refractivity contribution in [1.82, 2.24) is 9.78 Å². The largest absolute Gasteiger partial charge is 0.492 e. The highest BCUT2D eigenvalue weighted by Crippen LogP contribution is 2.38. The average molecular weight is 366 g/mol. The molecule has 4 nitrogen and oxygen atoms in total. The smallest absolute Gasteiger partial charge is 0.257 e. The van der Waals surface area contributed by atoms with Crippen LogP contribution >= 0.6 is 0 Å². The van der Waals surface area contributed by atoms with Crippen molar-refractivity contribution in [2.24, 2.45) is 5.92 Å². The van der Waals surface area contributed by atoms with Gasteiger partial charge in [-0.1, -0.05) is 18.9 Å². The molecule has 140 valence electrons. The highest BCUT2D eigenvalue weighted by Gasteiger charge is 2.30. The Morgan fingerprint density at radius 1 is 1.27 bits per heavy atom. The maximum absolute atomic E-state index is 13.7. The highest BCUT2D eigenvalue weighted by molar-refractivity contribution is 5.79. The quantitative estimate of drug-likeness (QED) is 0.680. The molecule has 0 spiro atoms. The van der Waals surface area contributed by atoms with Crippen molar-refractivity contribution in [3.8, 4) is 5.75 Å². The van der Waals surface area contributed by atoms with Crippen molar-refractivity contribution < 1.29 is 22.7 Å². The SMILES string of the molecule is O=Cc1c(F)cccc1OCC1CCCCC1c1ccnn1CC(F)F. The Balaban J connectivity index is 1.75. The molecular formula is C19H21F3N2O2. The molecule has 1 aromatic heterocycles. The number of aldehydes is 1. The summed E-state index contributed by atoms with van der Waals surface area (Å²) in [4.78, 5) is 11.1. The minimum Gasteiger partial charge on any atom is -0.492 e. The number of alkyl halides is 2. The third-order valence-corrected chi connectivity index (χ3v) is 4.93. The normalized spacial score (nSPS) is 20.3. The molecule has 1 aliphatic rings. The molecule has 2 unspecified atom stereocenters. The Hall–Kier alpha value is -2.31. The zero-order chi connectivity index (χ0) is 18.5. The van der Waals surface area contributed by atoms with Crippen molar-refractivity contribution in [2.45, 2.75) is 44.6 Å². The van der Waals surface area contributed by atoms with Gasteiger partial charge in [-0.3, -0.25) is 9.48 Å². The molecule has 1 saturated carbocycles. The van der Waals surface area contributed by atoms with E-state index in [1.165, 1.54) is 16.8 Å². The van der Waals surface area contributed by atoms with Crippen LogP contribution in [0.4, 0.5) is 13.2 Å². The number of carbonyl (C=O) groups excluding carboxylic acids is 1. The molecule has 26 heavy (non-hydrogen) atoms. The molecule has 1 aromatic carbocycles.